The molecule has 1 unspecified atom stereocenters. The molecule has 0 radical (unpaired) electrons. The predicted octanol–water partition coefficient (Wildman–Crippen LogP) is 2.02. The Morgan fingerprint density at radius 3 is 2.88 bits per heavy atom. The number of hydrogen-bond donors (Lipinski definition) is 1. The van der Waals surface area contributed by atoms with E-state index in [4.69, 9.17) is 0 Å². The lowest BCUT2D eigenvalue weighted by Crippen LogP contribution is -2.43. The van der Waals surface area contributed by atoms with Crippen LogP contribution in [0.25, 0.3) is 0 Å². The number of anilines is 1. The topological polar surface area (TPSA) is 84.3 Å². The highest BCUT2D eigenvalue weighted by molar-refractivity contribution is 7.89. The molecule has 0 spiro atoms. The quantitative estimate of drug-likeness (QED) is 0.865. The van der Waals surface area contributed by atoms with Gasteiger partial charge in [0, 0.05) is 32.0 Å². The van der Waals surface area contributed by atoms with Crippen LogP contribution in [0.15, 0.2) is 41.8 Å². The van der Waals surface area contributed by atoms with Crippen LogP contribution in [0.4, 0.5) is 5.69 Å². The van der Waals surface area contributed by atoms with Gasteiger partial charge in [0.15, 0.2) is 5.03 Å². The number of piperidine rings is 1. The summed E-state index contributed by atoms with van der Waals surface area (Å²) in [6, 6.07) is 7.72. The summed E-state index contributed by atoms with van der Waals surface area (Å²) in [5.74, 6) is -0.508. The van der Waals surface area contributed by atoms with Gasteiger partial charge >= 0.3 is 0 Å². The van der Waals surface area contributed by atoms with Crippen molar-refractivity contribution in [2.45, 2.75) is 31.2 Å². The molecule has 3 rings (SSSR count). The number of rotatable bonds is 5. The second-order valence-electron chi connectivity index (χ2n) is 6.62. The number of sulfonamides is 1. The summed E-state index contributed by atoms with van der Waals surface area (Å²) in [5.41, 5.74) is 1.89. The molecule has 2 heterocycles. The number of aryl methyl sites for hydroxylation is 2. The van der Waals surface area contributed by atoms with Crippen molar-refractivity contribution in [2.75, 3.05) is 18.4 Å². The highest BCUT2D eigenvalue weighted by atomic mass is 32.2. The number of nitrogens with one attached hydrogen (secondary N) is 1. The van der Waals surface area contributed by atoms with Crippen molar-refractivity contribution in [3.63, 3.8) is 0 Å². The van der Waals surface area contributed by atoms with E-state index in [-0.39, 0.29) is 23.4 Å². The lowest BCUT2D eigenvalue weighted by molar-refractivity contribution is -0.120. The second kappa shape index (κ2) is 7.59. The van der Waals surface area contributed by atoms with Gasteiger partial charge in [0.05, 0.1) is 12.2 Å². The van der Waals surface area contributed by atoms with E-state index < -0.39 is 10.0 Å². The van der Waals surface area contributed by atoms with Crippen molar-refractivity contribution in [1.82, 2.24) is 13.9 Å². The molecule has 1 aromatic carbocycles. The number of amides is 1. The summed E-state index contributed by atoms with van der Waals surface area (Å²) in [4.78, 5) is 16.6. The van der Waals surface area contributed by atoms with Crippen LogP contribution in [0, 0.1) is 5.92 Å². The molecule has 26 heavy (non-hydrogen) atoms. The Bertz CT molecular complexity index is 891. The van der Waals surface area contributed by atoms with Crippen molar-refractivity contribution < 1.29 is 13.2 Å². The zero-order valence-electron chi connectivity index (χ0n) is 15.1. The third-order valence-electron chi connectivity index (χ3n) is 4.64. The molecule has 0 bridgehead atoms. The van der Waals surface area contributed by atoms with E-state index in [1.54, 1.807) is 11.6 Å². The minimum absolute atomic E-state index is 0.0247. The van der Waals surface area contributed by atoms with Gasteiger partial charge in [0.2, 0.25) is 5.91 Å². The van der Waals surface area contributed by atoms with Gasteiger partial charge in [-0.2, -0.15) is 4.31 Å². The normalized spacial score (nSPS) is 18.6. The summed E-state index contributed by atoms with van der Waals surface area (Å²) in [6.07, 6.45) is 5.16. The number of nitrogens with zero attached hydrogens (tertiary/aromatic N) is 3. The van der Waals surface area contributed by atoms with Gasteiger partial charge in [-0.25, -0.2) is 13.4 Å². The first-order chi connectivity index (χ1) is 12.4. The molecule has 1 atom stereocenters. The van der Waals surface area contributed by atoms with Crippen LogP contribution < -0.4 is 5.32 Å². The van der Waals surface area contributed by atoms with Gasteiger partial charge in [-0.15, -0.1) is 0 Å². The molecule has 7 nitrogen and oxygen atoms in total. The van der Waals surface area contributed by atoms with Crippen molar-refractivity contribution >= 4 is 21.6 Å². The fraction of sp³-hybridized carbons (Fsp3) is 0.444. The Balaban J connectivity index is 1.70. The van der Waals surface area contributed by atoms with Crippen LogP contribution in [0.3, 0.4) is 0 Å². The van der Waals surface area contributed by atoms with Crippen molar-refractivity contribution in [2.24, 2.45) is 13.0 Å². The van der Waals surface area contributed by atoms with E-state index in [0.29, 0.717) is 19.4 Å². The average molecular weight is 376 g/mol. The zero-order valence-corrected chi connectivity index (χ0v) is 15.9. The molecule has 2 aromatic rings. The molecule has 0 saturated carbocycles. The summed E-state index contributed by atoms with van der Waals surface area (Å²) >= 11 is 0. The summed E-state index contributed by atoms with van der Waals surface area (Å²) in [6.45, 7) is 2.65. The van der Waals surface area contributed by atoms with Crippen LogP contribution in [0.1, 0.15) is 25.3 Å². The molecule has 1 N–H and O–H groups in total. The van der Waals surface area contributed by atoms with Gasteiger partial charge in [0.1, 0.15) is 0 Å². The highest BCUT2D eigenvalue weighted by Crippen LogP contribution is 2.24. The summed E-state index contributed by atoms with van der Waals surface area (Å²) in [5, 5.41) is 2.95. The van der Waals surface area contributed by atoms with Crippen molar-refractivity contribution in [3.8, 4) is 0 Å². The maximum atomic E-state index is 12.7. The molecule has 1 aliphatic rings. The van der Waals surface area contributed by atoms with E-state index in [1.165, 1.54) is 16.8 Å². The summed E-state index contributed by atoms with van der Waals surface area (Å²) < 4.78 is 28.4. The lowest BCUT2D eigenvalue weighted by atomic mass is 9.98. The second-order valence-corrected chi connectivity index (χ2v) is 8.51. The smallest absolute Gasteiger partial charge is 0.262 e. The standard InChI is InChI=1S/C18H24N4O3S/c1-3-14-6-4-8-16(10-14)20-18(23)15-7-5-9-22(11-15)26(24,25)17-12-21(2)13-19-17/h4,6,8,10,12-13,15H,3,5,7,9,11H2,1-2H3,(H,20,23). The molecule has 1 aromatic heterocycles. The molecule has 1 fully saturated rings. The Kier molecular flexibility index (Phi) is 5.43. The maximum Gasteiger partial charge on any atom is 0.262 e. The van der Waals surface area contributed by atoms with Crippen LogP contribution >= 0.6 is 0 Å². The molecule has 1 amide bonds. The lowest BCUT2D eigenvalue weighted by Gasteiger charge is -2.30. The predicted molar refractivity (Wildman–Crippen MR) is 99.1 cm³/mol. The molecule has 1 saturated heterocycles. The van der Waals surface area contributed by atoms with E-state index >= 15 is 0 Å². The number of imidazole rings is 1. The molecule has 8 heteroatoms. The first kappa shape index (κ1) is 18.6. The third-order valence-corrected chi connectivity index (χ3v) is 6.39. The third kappa shape index (κ3) is 3.96. The van der Waals surface area contributed by atoms with Gasteiger partial charge < -0.3 is 9.88 Å². The Hall–Kier alpha value is -2.19. The first-order valence-corrected chi connectivity index (χ1v) is 10.2. The Morgan fingerprint density at radius 2 is 2.19 bits per heavy atom. The SMILES string of the molecule is CCc1cccc(NC(=O)C2CCCN(S(=O)(=O)c3cn(C)cn3)C2)c1. The maximum absolute atomic E-state index is 12.7. The zero-order chi connectivity index (χ0) is 18.7. The van der Waals surface area contributed by atoms with Crippen molar-refractivity contribution in [3.05, 3.63) is 42.4 Å². The number of carbonyl (C=O) groups is 1. The monoisotopic (exact) mass is 376 g/mol. The fourth-order valence-corrected chi connectivity index (χ4v) is 4.63. The van der Waals surface area contributed by atoms with E-state index in [1.807, 2.05) is 24.3 Å². The molecule has 0 aliphatic carbocycles. The number of benzene rings is 1. The van der Waals surface area contributed by atoms with Crippen LogP contribution in [0.5, 0.6) is 0 Å². The largest absolute Gasteiger partial charge is 0.339 e. The summed E-state index contributed by atoms with van der Waals surface area (Å²) in [7, 11) is -1.94. The average Bonchev–Trinajstić information content (AvgIpc) is 3.09. The van der Waals surface area contributed by atoms with Gasteiger partial charge in [0.25, 0.3) is 10.0 Å². The van der Waals surface area contributed by atoms with Crippen LogP contribution in [-0.2, 0) is 28.3 Å². The molecular formula is C18H24N4O3S. The van der Waals surface area contributed by atoms with Crippen molar-refractivity contribution in [1.29, 1.82) is 0 Å². The molecule has 140 valence electrons. The number of hydrogen-bond acceptors (Lipinski definition) is 4. The Labute approximate surface area is 154 Å². The van der Waals surface area contributed by atoms with Crippen LogP contribution in [0.2, 0.25) is 0 Å². The molecular weight excluding hydrogens is 352 g/mol. The number of aromatic nitrogens is 2. The molecule has 1 aliphatic heterocycles. The number of carbonyl (C=O) groups excluding carboxylic acids is 1. The van der Waals surface area contributed by atoms with Gasteiger partial charge in [-0.3, -0.25) is 4.79 Å². The van der Waals surface area contributed by atoms with E-state index in [0.717, 1.165) is 17.7 Å². The van der Waals surface area contributed by atoms with Gasteiger partial charge in [-0.1, -0.05) is 19.1 Å². The first-order valence-electron chi connectivity index (χ1n) is 8.78. The van der Waals surface area contributed by atoms with E-state index in [2.05, 4.69) is 17.2 Å². The van der Waals surface area contributed by atoms with Gasteiger partial charge in [-0.05, 0) is 37.0 Å². The highest BCUT2D eigenvalue weighted by Gasteiger charge is 2.34. The minimum atomic E-state index is -3.67. The minimum Gasteiger partial charge on any atom is -0.339 e. The van der Waals surface area contributed by atoms with E-state index in [9.17, 15) is 13.2 Å². The van der Waals surface area contributed by atoms with Crippen LogP contribution in [-0.4, -0.2) is 41.3 Å². The Morgan fingerprint density at radius 1 is 1.38 bits per heavy atom. The fourth-order valence-electron chi connectivity index (χ4n) is 3.14.